The number of rotatable bonds is 2. The van der Waals surface area contributed by atoms with Crippen molar-refractivity contribution < 1.29 is 5.11 Å². The molecule has 1 heterocycles. The molecule has 0 unspecified atom stereocenters. The predicted octanol–water partition coefficient (Wildman–Crippen LogP) is 1.52. The average Bonchev–Trinajstić information content (AvgIpc) is 2.65. The molecule has 1 aromatic heterocycles. The SMILES string of the molecule is OCc1nncn1-c1cccc(Br)c1. The van der Waals surface area contributed by atoms with E-state index in [2.05, 4.69) is 26.1 Å². The molecule has 2 aromatic rings. The molecule has 2 rings (SSSR count). The summed E-state index contributed by atoms with van der Waals surface area (Å²) < 4.78 is 2.72. The van der Waals surface area contributed by atoms with Gasteiger partial charge in [0.25, 0.3) is 0 Å². The number of benzene rings is 1. The van der Waals surface area contributed by atoms with Crippen LogP contribution in [0.4, 0.5) is 0 Å². The molecule has 0 bridgehead atoms. The summed E-state index contributed by atoms with van der Waals surface area (Å²) >= 11 is 3.38. The lowest BCUT2D eigenvalue weighted by molar-refractivity contribution is 0.269. The maximum absolute atomic E-state index is 9.00. The van der Waals surface area contributed by atoms with Gasteiger partial charge in [0, 0.05) is 10.2 Å². The van der Waals surface area contributed by atoms with Gasteiger partial charge in [0.2, 0.25) is 0 Å². The molecule has 0 saturated carbocycles. The van der Waals surface area contributed by atoms with E-state index in [0.29, 0.717) is 5.82 Å². The van der Waals surface area contributed by atoms with Crippen LogP contribution in [0.3, 0.4) is 0 Å². The van der Waals surface area contributed by atoms with E-state index in [1.54, 1.807) is 10.9 Å². The fourth-order valence-corrected chi connectivity index (χ4v) is 1.60. The van der Waals surface area contributed by atoms with Crippen LogP contribution in [0.2, 0.25) is 0 Å². The third kappa shape index (κ3) is 1.69. The Morgan fingerprint density at radius 3 is 3.00 bits per heavy atom. The van der Waals surface area contributed by atoms with Gasteiger partial charge < -0.3 is 5.11 Å². The highest BCUT2D eigenvalue weighted by Gasteiger charge is 2.04. The van der Waals surface area contributed by atoms with Gasteiger partial charge in [-0.1, -0.05) is 22.0 Å². The van der Waals surface area contributed by atoms with Crippen molar-refractivity contribution in [2.45, 2.75) is 6.61 Å². The monoisotopic (exact) mass is 253 g/mol. The number of aliphatic hydroxyl groups is 1. The zero-order chi connectivity index (χ0) is 9.97. The first-order valence-electron chi connectivity index (χ1n) is 4.07. The molecule has 72 valence electrons. The number of hydrogen-bond acceptors (Lipinski definition) is 3. The summed E-state index contributed by atoms with van der Waals surface area (Å²) in [6.45, 7) is -0.119. The van der Waals surface area contributed by atoms with Crippen LogP contribution in [0.25, 0.3) is 5.69 Å². The van der Waals surface area contributed by atoms with Crippen molar-refractivity contribution in [2.75, 3.05) is 0 Å². The van der Waals surface area contributed by atoms with Crippen LogP contribution < -0.4 is 0 Å². The highest BCUT2D eigenvalue weighted by Crippen LogP contribution is 2.16. The van der Waals surface area contributed by atoms with Crippen LogP contribution in [-0.4, -0.2) is 19.9 Å². The molecule has 1 aromatic carbocycles. The molecule has 0 spiro atoms. The molecule has 0 aliphatic rings. The number of aromatic nitrogens is 3. The van der Waals surface area contributed by atoms with Crippen molar-refractivity contribution in [3.05, 3.63) is 40.9 Å². The molecular formula is C9H8BrN3O. The van der Waals surface area contributed by atoms with Crippen molar-refractivity contribution in [3.8, 4) is 5.69 Å². The Labute approximate surface area is 89.3 Å². The standard InChI is InChI=1S/C9H8BrN3O/c10-7-2-1-3-8(4-7)13-6-11-12-9(13)5-14/h1-4,6,14H,5H2. The average molecular weight is 254 g/mol. The highest BCUT2D eigenvalue weighted by molar-refractivity contribution is 9.10. The Morgan fingerprint density at radius 1 is 1.43 bits per heavy atom. The fourth-order valence-electron chi connectivity index (χ4n) is 1.21. The molecule has 0 radical (unpaired) electrons. The topological polar surface area (TPSA) is 50.9 Å². The molecule has 0 saturated heterocycles. The second-order valence-corrected chi connectivity index (χ2v) is 3.67. The van der Waals surface area contributed by atoms with E-state index in [-0.39, 0.29) is 6.61 Å². The lowest BCUT2D eigenvalue weighted by atomic mass is 10.3. The lowest BCUT2D eigenvalue weighted by Crippen LogP contribution is -1.99. The third-order valence-electron chi connectivity index (χ3n) is 1.85. The third-order valence-corrected chi connectivity index (χ3v) is 2.34. The molecule has 0 aliphatic carbocycles. The summed E-state index contributed by atoms with van der Waals surface area (Å²) in [7, 11) is 0. The van der Waals surface area contributed by atoms with Gasteiger partial charge in [-0.05, 0) is 18.2 Å². The first-order chi connectivity index (χ1) is 6.81. The van der Waals surface area contributed by atoms with Gasteiger partial charge in [-0.3, -0.25) is 4.57 Å². The van der Waals surface area contributed by atoms with Crippen LogP contribution in [0.5, 0.6) is 0 Å². The Kier molecular flexibility index (Phi) is 2.60. The van der Waals surface area contributed by atoms with Crippen molar-refractivity contribution in [2.24, 2.45) is 0 Å². The lowest BCUT2D eigenvalue weighted by Gasteiger charge is -2.04. The minimum atomic E-state index is -0.119. The maximum atomic E-state index is 9.00. The second kappa shape index (κ2) is 3.89. The van der Waals surface area contributed by atoms with Crippen LogP contribution in [0.15, 0.2) is 35.1 Å². The molecule has 4 nitrogen and oxygen atoms in total. The molecule has 14 heavy (non-hydrogen) atoms. The van der Waals surface area contributed by atoms with E-state index in [0.717, 1.165) is 10.2 Å². The van der Waals surface area contributed by atoms with Gasteiger partial charge in [-0.15, -0.1) is 10.2 Å². The van der Waals surface area contributed by atoms with Gasteiger partial charge in [-0.2, -0.15) is 0 Å². The van der Waals surface area contributed by atoms with Gasteiger partial charge in [-0.25, -0.2) is 0 Å². The Morgan fingerprint density at radius 2 is 2.29 bits per heavy atom. The van der Waals surface area contributed by atoms with E-state index in [1.165, 1.54) is 0 Å². The second-order valence-electron chi connectivity index (χ2n) is 2.76. The summed E-state index contributed by atoms with van der Waals surface area (Å²) in [6.07, 6.45) is 1.58. The van der Waals surface area contributed by atoms with Crippen LogP contribution in [0.1, 0.15) is 5.82 Å². The van der Waals surface area contributed by atoms with Crippen LogP contribution >= 0.6 is 15.9 Å². The molecule has 0 amide bonds. The Balaban J connectivity index is 2.49. The van der Waals surface area contributed by atoms with E-state index in [1.807, 2.05) is 24.3 Å². The summed E-state index contributed by atoms with van der Waals surface area (Å²) in [5.74, 6) is 0.531. The van der Waals surface area contributed by atoms with E-state index < -0.39 is 0 Å². The van der Waals surface area contributed by atoms with Crippen LogP contribution in [0, 0.1) is 0 Å². The number of aliphatic hydroxyl groups excluding tert-OH is 1. The van der Waals surface area contributed by atoms with E-state index >= 15 is 0 Å². The summed E-state index contributed by atoms with van der Waals surface area (Å²) in [4.78, 5) is 0. The Bertz CT molecular complexity index is 441. The van der Waals surface area contributed by atoms with Crippen molar-refractivity contribution in [3.63, 3.8) is 0 Å². The minimum Gasteiger partial charge on any atom is -0.388 e. The molecule has 0 aliphatic heterocycles. The minimum absolute atomic E-state index is 0.119. The maximum Gasteiger partial charge on any atom is 0.163 e. The van der Waals surface area contributed by atoms with Crippen molar-refractivity contribution in [1.29, 1.82) is 0 Å². The van der Waals surface area contributed by atoms with Gasteiger partial charge >= 0.3 is 0 Å². The first kappa shape index (κ1) is 9.36. The van der Waals surface area contributed by atoms with Gasteiger partial charge in [0.15, 0.2) is 5.82 Å². The van der Waals surface area contributed by atoms with E-state index in [4.69, 9.17) is 5.11 Å². The highest BCUT2D eigenvalue weighted by atomic mass is 79.9. The quantitative estimate of drug-likeness (QED) is 0.883. The first-order valence-corrected chi connectivity index (χ1v) is 4.86. The number of nitrogens with zero attached hydrogens (tertiary/aromatic N) is 3. The summed E-state index contributed by atoms with van der Waals surface area (Å²) in [6, 6.07) is 7.71. The van der Waals surface area contributed by atoms with E-state index in [9.17, 15) is 0 Å². The molecule has 5 heteroatoms. The molecule has 0 fully saturated rings. The number of hydrogen-bond donors (Lipinski definition) is 1. The molecular weight excluding hydrogens is 246 g/mol. The van der Waals surface area contributed by atoms with Crippen LogP contribution in [-0.2, 0) is 6.61 Å². The smallest absolute Gasteiger partial charge is 0.163 e. The molecule has 1 N–H and O–H groups in total. The Hall–Kier alpha value is -1.20. The predicted molar refractivity (Wildman–Crippen MR) is 55.0 cm³/mol. The van der Waals surface area contributed by atoms with Gasteiger partial charge in [0.1, 0.15) is 12.9 Å². The zero-order valence-corrected chi connectivity index (χ0v) is 8.85. The summed E-state index contributed by atoms with van der Waals surface area (Å²) in [5, 5.41) is 16.5. The zero-order valence-electron chi connectivity index (χ0n) is 7.26. The van der Waals surface area contributed by atoms with Crippen molar-refractivity contribution >= 4 is 15.9 Å². The molecule has 0 atom stereocenters. The van der Waals surface area contributed by atoms with Gasteiger partial charge in [0.05, 0.1) is 0 Å². The fraction of sp³-hybridized carbons (Fsp3) is 0.111. The normalized spacial score (nSPS) is 10.4. The van der Waals surface area contributed by atoms with Crippen molar-refractivity contribution in [1.82, 2.24) is 14.8 Å². The summed E-state index contributed by atoms with van der Waals surface area (Å²) in [5.41, 5.74) is 0.924. The number of halogens is 1. The largest absolute Gasteiger partial charge is 0.388 e.